The quantitative estimate of drug-likeness (QED) is 0.660. The highest BCUT2D eigenvalue weighted by molar-refractivity contribution is 5.56. The van der Waals surface area contributed by atoms with Crippen LogP contribution in [0.3, 0.4) is 0 Å². The predicted octanol–water partition coefficient (Wildman–Crippen LogP) is 1.47. The third kappa shape index (κ3) is 1.12. The molecule has 2 heterocycles. The summed E-state index contributed by atoms with van der Waals surface area (Å²) in [6, 6.07) is 5.76. The highest BCUT2D eigenvalue weighted by Gasteiger charge is 1.95. The van der Waals surface area contributed by atoms with Crippen molar-refractivity contribution in [3.63, 3.8) is 0 Å². The van der Waals surface area contributed by atoms with E-state index in [1.807, 2.05) is 30.6 Å². The van der Waals surface area contributed by atoms with Crippen molar-refractivity contribution in [2.24, 2.45) is 0 Å². The predicted molar refractivity (Wildman–Crippen MR) is 41.8 cm³/mol. The fraction of sp³-hybridized carbons (Fsp3) is 0. The summed E-state index contributed by atoms with van der Waals surface area (Å²) in [5.74, 6) is 0. The highest BCUT2D eigenvalue weighted by Crippen LogP contribution is 2.12. The van der Waals surface area contributed by atoms with Crippen LogP contribution in [0.15, 0.2) is 36.8 Å². The van der Waals surface area contributed by atoms with E-state index in [-0.39, 0.29) is 0 Å². The SMILES string of the molecule is c1cnnc(-c2cc[nH]c2)c1. The van der Waals surface area contributed by atoms with Gasteiger partial charge in [-0.1, -0.05) is 0 Å². The lowest BCUT2D eigenvalue weighted by molar-refractivity contribution is 1.04. The Morgan fingerprint density at radius 2 is 2.27 bits per heavy atom. The summed E-state index contributed by atoms with van der Waals surface area (Å²) >= 11 is 0. The number of rotatable bonds is 1. The van der Waals surface area contributed by atoms with E-state index in [4.69, 9.17) is 0 Å². The fourth-order valence-corrected chi connectivity index (χ4v) is 0.939. The first-order valence-electron chi connectivity index (χ1n) is 3.38. The zero-order valence-corrected chi connectivity index (χ0v) is 5.86. The number of hydrogen-bond acceptors (Lipinski definition) is 2. The Labute approximate surface area is 64.1 Å². The first kappa shape index (κ1) is 6.09. The van der Waals surface area contributed by atoms with Crippen molar-refractivity contribution < 1.29 is 0 Å². The van der Waals surface area contributed by atoms with Crippen molar-refractivity contribution in [3.05, 3.63) is 36.8 Å². The second-order valence-corrected chi connectivity index (χ2v) is 2.21. The van der Waals surface area contributed by atoms with E-state index in [1.54, 1.807) is 6.20 Å². The Morgan fingerprint density at radius 3 is 2.91 bits per heavy atom. The first-order valence-corrected chi connectivity index (χ1v) is 3.38. The average molecular weight is 145 g/mol. The molecule has 0 amide bonds. The van der Waals surface area contributed by atoms with E-state index < -0.39 is 0 Å². The summed E-state index contributed by atoms with van der Waals surface area (Å²) in [4.78, 5) is 2.96. The molecule has 11 heavy (non-hydrogen) atoms. The molecule has 0 aliphatic rings. The van der Waals surface area contributed by atoms with E-state index in [0.717, 1.165) is 11.3 Å². The Kier molecular flexibility index (Phi) is 1.41. The summed E-state index contributed by atoms with van der Waals surface area (Å²) in [6.07, 6.45) is 5.42. The van der Waals surface area contributed by atoms with Crippen molar-refractivity contribution in [2.45, 2.75) is 0 Å². The maximum atomic E-state index is 3.95. The second kappa shape index (κ2) is 2.54. The average Bonchev–Trinajstić information content (AvgIpc) is 2.58. The molecule has 0 aromatic carbocycles. The van der Waals surface area contributed by atoms with Crippen LogP contribution in [0.4, 0.5) is 0 Å². The van der Waals surface area contributed by atoms with E-state index in [2.05, 4.69) is 15.2 Å². The molecule has 0 fully saturated rings. The van der Waals surface area contributed by atoms with Crippen LogP contribution in [0.25, 0.3) is 11.3 Å². The molecule has 0 atom stereocenters. The monoisotopic (exact) mass is 145 g/mol. The standard InChI is InChI=1S/C8H7N3/c1-2-8(11-10-4-1)7-3-5-9-6-7/h1-6,9H. The largest absolute Gasteiger partial charge is 0.367 e. The van der Waals surface area contributed by atoms with Gasteiger partial charge in [-0.3, -0.25) is 0 Å². The smallest absolute Gasteiger partial charge is 0.0944 e. The molecule has 0 aliphatic carbocycles. The lowest BCUT2D eigenvalue weighted by Crippen LogP contribution is -1.82. The summed E-state index contributed by atoms with van der Waals surface area (Å²) in [5, 5.41) is 7.73. The van der Waals surface area contributed by atoms with Crippen molar-refractivity contribution in [2.75, 3.05) is 0 Å². The van der Waals surface area contributed by atoms with Gasteiger partial charge >= 0.3 is 0 Å². The molecule has 3 heteroatoms. The molecule has 0 spiro atoms. The van der Waals surface area contributed by atoms with Gasteiger partial charge < -0.3 is 4.98 Å². The minimum Gasteiger partial charge on any atom is -0.367 e. The van der Waals surface area contributed by atoms with Gasteiger partial charge in [0.1, 0.15) is 0 Å². The molecule has 0 saturated carbocycles. The second-order valence-electron chi connectivity index (χ2n) is 2.21. The van der Waals surface area contributed by atoms with Crippen LogP contribution in [0.5, 0.6) is 0 Å². The summed E-state index contributed by atoms with van der Waals surface area (Å²) in [7, 11) is 0. The Hall–Kier alpha value is -1.64. The zero-order valence-electron chi connectivity index (χ0n) is 5.86. The molecule has 3 nitrogen and oxygen atoms in total. The van der Waals surface area contributed by atoms with E-state index in [9.17, 15) is 0 Å². The third-order valence-corrected chi connectivity index (χ3v) is 1.47. The van der Waals surface area contributed by atoms with Crippen molar-refractivity contribution in [1.82, 2.24) is 15.2 Å². The maximum absolute atomic E-state index is 3.95. The van der Waals surface area contributed by atoms with Crippen LogP contribution in [0.2, 0.25) is 0 Å². The highest BCUT2D eigenvalue weighted by atomic mass is 15.1. The molecule has 0 bridgehead atoms. The van der Waals surface area contributed by atoms with Crippen LogP contribution < -0.4 is 0 Å². The molecule has 2 rings (SSSR count). The summed E-state index contributed by atoms with van der Waals surface area (Å²) in [6.45, 7) is 0. The van der Waals surface area contributed by atoms with Crippen molar-refractivity contribution in [3.8, 4) is 11.3 Å². The third-order valence-electron chi connectivity index (χ3n) is 1.47. The van der Waals surface area contributed by atoms with Crippen molar-refractivity contribution >= 4 is 0 Å². The topological polar surface area (TPSA) is 41.6 Å². The van der Waals surface area contributed by atoms with E-state index in [1.165, 1.54) is 0 Å². The van der Waals surface area contributed by atoms with Crippen LogP contribution in [0, 0.1) is 0 Å². The fourth-order valence-electron chi connectivity index (χ4n) is 0.939. The number of aromatic nitrogens is 3. The van der Waals surface area contributed by atoms with E-state index >= 15 is 0 Å². The number of aromatic amines is 1. The van der Waals surface area contributed by atoms with Gasteiger partial charge in [-0.05, 0) is 18.2 Å². The molecule has 0 unspecified atom stereocenters. The number of hydrogen-bond donors (Lipinski definition) is 1. The lowest BCUT2D eigenvalue weighted by atomic mass is 10.2. The van der Waals surface area contributed by atoms with Gasteiger partial charge in [0.15, 0.2) is 0 Å². The van der Waals surface area contributed by atoms with Crippen LogP contribution in [0.1, 0.15) is 0 Å². The number of nitrogens with zero attached hydrogens (tertiary/aromatic N) is 2. The van der Waals surface area contributed by atoms with Crippen LogP contribution in [-0.2, 0) is 0 Å². The molecule has 0 aliphatic heterocycles. The van der Waals surface area contributed by atoms with Gasteiger partial charge in [0.2, 0.25) is 0 Å². The first-order chi connectivity index (χ1) is 5.47. The molecule has 2 aromatic rings. The van der Waals surface area contributed by atoms with Gasteiger partial charge in [-0.2, -0.15) is 10.2 Å². The van der Waals surface area contributed by atoms with E-state index in [0.29, 0.717) is 0 Å². The summed E-state index contributed by atoms with van der Waals surface area (Å²) in [5.41, 5.74) is 1.96. The molecule has 2 aromatic heterocycles. The van der Waals surface area contributed by atoms with Gasteiger partial charge in [-0.25, -0.2) is 0 Å². The molecular formula is C8H7N3. The normalized spacial score (nSPS) is 9.82. The number of H-pyrrole nitrogens is 1. The van der Waals surface area contributed by atoms with Gasteiger partial charge in [0.05, 0.1) is 5.69 Å². The Balaban J connectivity index is 2.46. The zero-order chi connectivity index (χ0) is 7.52. The summed E-state index contributed by atoms with van der Waals surface area (Å²) < 4.78 is 0. The van der Waals surface area contributed by atoms with Gasteiger partial charge in [0, 0.05) is 24.2 Å². The number of nitrogens with one attached hydrogen (secondary N) is 1. The van der Waals surface area contributed by atoms with Crippen molar-refractivity contribution in [1.29, 1.82) is 0 Å². The molecule has 54 valence electrons. The Bertz CT molecular complexity index is 312. The molecule has 0 radical (unpaired) electrons. The molecular weight excluding hydrogens is 138 g/mol. The van der Waals surface area contributed by atoms with Crippen LogP contribution in [-0.4, -0.2) is 15.2 Å². The minimum atomic E-state index is 0.897. The maximum Gasteiger partial charge on any atom is 0.0944 e. The van der Waals surface area contributed by atoms with Gasteiger partial charge in [0.25, 0.3) is 0 Å². The van der Waals surface area contributed by atoms with Crippen LogP contribution >= 0.6 is 0 Å². The Morgan fingerprint density at radius 1 is 1.27 bits per heavy atom. The lowest BCUT2D eigenvalue weighted by Gasteiger charge is -1.90. The molecule has 0 saturated heterocycles. The van der Waals surface area contributed by atoms with Gasteiger partial charge in [-0.15, -0.1) is 0 Å². The molecule has 1 N–H and O–H groups in total. The minimum absolute atomic E-state index is 0.897.